The summed E-state index contributed by atoms with van der Waals surface area (Å²) in [5, 5.41) is 9.33. The lowest BCUT2D eigenvalue weighted by Gasteiger charge is -2.16. The second kappa shape index (κ2) is 4.82. The Morgan fingerprint density at radius 2 is 1.94 bits per heavy atom. The zero-order valence-corrected chi connectivity index (χ0v) is 8.81. The van der Waals surface area contributed by atoms with Crippen molar-refractivity contribution >= 4 is 5.97 Å². The Morgan fingerprint density at radius 3 is 2.53 bits per heavy atom. The van der Waals surface area contributed by atoms with E-state index in [0.717, 1.165) is 0 Å². The van der Waals surface area contributed by atoms with Crippen molar-refractivity contribution in [3.05, 3.63) is 10.1 Å². The molecular formula is C8H12N2O7. The normalized spacial score (nSPS) is 35.4. The number of nitrogens with two attached hydrogens (primary N) is 1. The van der Waals surface area contributed by atoms with E-state index in [0.29, 0.717) is 0 Å². The molecule has 0 aliphatic carbocycles. The second-order valence-electron chi connectivity index (χ2n) is 3.70. The third kappa shape index (κ3) is 2.46. The van der Waals surface area contributed by atoms with Crippen molar-refractivity contribution in [1.82, 2.24) is 0 Å². The van der Waals surface area contributed by atoms with E-state index in [1.807, 2.05) is 0 Å². The molecule has 0 radical (unpaired) electrons. The summed E-state index contributed by atoms with van der Waals surface area (Å²) in [4.78, 5) is 25.6. The number of fused-ring (bicyclic) bond motifs is 1. The number of carbonyl (C=O) groups is 1. The Labute approximate surface area is 95.8 Å². The highest BCUT2D eigenvalue weighted by Crippen LogP contribution is 2.30. The predicted octanol–water partition coefficient (Wildman–Crippen LogP) is -1.77. The van der Waals surface area contributed by atoms with Crippen molar-refractivity contribution in [3.63, 3.8) is 0 Å². The molecule has 2 fully saturated rings. The number of rotatable bonds is 4. The summed E-state index contributed by atoms with van der Waals surface area (Å²) in [6.45, 7) is -0.0751. The number of hydrogen-bond acceptors (Lipinski definition) is 8. The van der Waals surface area contributed by atoms with Crippen LogP contribution in [-0.4, -0.2) is 55.2 Å². The molecule has 17 heavy (non-hydrogen) atoms. The highest BCUT2D eigenvalue weighted by molar-refractivity contribution is 5.71. The molecule has 2 rings (SSSR count). The van der Waals surface area contributed by atoms with Crippen LogP contribution in [0.4, 0.5) is 0 Å². The fourth-order valence-corrected chi connectivity index (χ4v) is 1.95. The van der Waals surface area contributed by atoms with Crippen LogP contribution < -0.4 is 5.73 Å². The number of hydrogen-bond donors (Lipinski definition) is 1. The fraction of sp³-hybridized carbons (Fsp3) is 0.875. The monoisotopic (exact) mass is 248 g/mol. The van der Waals surface area contributed by atoms with Gasteiger partial charge in [-0.1, -0.05) is 0 Å². The van der Waals surface area contributed by atoms with E-state index >= 15 is 0 Å². The van der Waals surface area contributed by atoms with E-state index in [1.54, 1.807) is 0 Å². The molecule has 2 aliphatic rings. The lowest BCUT2D eigenvalue weighted by Crippen LogP contribution is -2.36. The van der Waals surface area contributed by atoms with E-state index in [9.17, 15) is 14.9 Å². The topological polar surface area (TPSA) is 123 Å². The minimum absolute atomic E-state index is 0.0347. The van der Waals surface area contributed by atoms with Crippen molar-refractivity contribution < 1.29 is 28.9 Å². The number of esters is 1. The van der Waals surface area contributed by atoms with Gasteiger partial charge >= 0.3 is 5.97 Å². The van der Waals surface area contributed by atoms with Gasteiger partial charge in [0.15, 0.2) is 12.2 Å². The van der Waals surface area contributed by atoms with Gasteiger partial charge in [-0.15, -0.1) is 10.1 Å². The van der Waals surface area contributed by atoms with Crippen LogP contribution in [-0.2, 0) is 23.8 Å². The third-order valence-electron chi connectivity index (χ3n) is 2.63. The summed E-state index contributed by atoms with van der Waals surface area (Å²) in [7, 11) is 0. The first-order valence-corrected chi connectivity index (χ1v) is 5.05. The molecule has 96 valence electrons. The first-order chi connectivity index (χ1) is 8.11. The Morgan fingerprint density at radius 1 is 1.35 bits per heavy atom. The van der Waals surface area contributed by atoms with Gasteiger partial charge < -0.3 is 24.8 Å². The van der Waals surface area contributed by atoms with E-state index in [1.165, 1.54) is 0 Å². The minimum atomic E-state index is -0.890. The van der Waals surface area contributed by atoms with E-state index in [2.05, 4.69) is 4.84 Å². The molecule has 0 aromatic carbocycles. The van der Waals surface area contributed by atoms with E-state index in [-0.39, 0.29) is 19.8 Å². The lowest BCUT2D eigenvalue weighted by atomic mass is 10.1. The van der Waals surface area contributed by atoms with Crippen LogP contribution in [0.5, 0.6) is 0 Å². The van der Waals surface area contributed by atoms with Crippen molar-refractivity contribution in [1.29, 1.82) is 0 Å². The molecule has 0 aromatic heterocycles. The van der Waals surface area contributed by atoms with Crippen LogP contribution in [0.15, 0.2) is 0 Å². The van der Waals surface area contributed by atoms with E-state index in [4.69, 9.17) is 19.9 Å². The quantitative estimate of drug-likeness (QED) is 0.352. The summed E-state index contributed by atoms with van der Waals surface area (Å²) in [5.41, 5.74) is 5.11. The van der Waals surface area contributed by atoms with Crippen LogP contribution in [0.25, 0.3) is 0 Å². The zero-order valence-electron chi connectivity index (χ0n) is 8.81. The first kappa shape index (κ1) is 12.0. The maximum Gasteiger partial charge on any atom is 0.320 e. The van der Waals surface area contributed by atoms with Crippen LogP contribution in [0.2, 0.25) is 0 Å². The largest absolute Gasteiger partial charge is 0.456 e. The lowest BCUT2D eigenvalue weighted by molar-refractivity contribution is -0.769. The molecule has 0 saturated carbocycles. The van der Waals surface area contributed by atoms with Crippen LogP contribution >= 0.6 is 0 Å². The van der Waals surface area contributed by atoms with Gasteiger partial charge in [0.1, 0.15) is 12.2 Å². The summed E-state index contributed by atoms with van der Waals surface area (Å²) >= 11 is 0. The summed E-state index contributed by atoms with van der Waals surface area (Å²) in [6, 6.07) is 0. The Bertz CT molecular complexity index is 323. The second-order valence-corrected chi connectivity index (χ2v) is 3.70. The molecule has 0 bridgehead atoms. The van der Waals surface area contributed by atoms with Crippen LogP contribution in [0.3, 0.4) is 0 Å². The molecule has 2 N–H and O–H groups in total. The molecule has 1 unspecified atom stereocenters. The van der Waals surface area contributed by atoms with Crippen molar-refractivity contribution in [2.75, 3.05) is 19.8 Å². The van der Waals surface area contributed by atoms with Crippen LogP contribution in [0, 0.1) is 10.1 Å². The molecule has 0 aromatic rings. The molecule has 2 saturated heterocycles. The summed E-state index contributed by atoms with van der Waals surface area (Å²) in [5.74, 6) is -0.568. The van der Waals surface area contributed by atoms with Gasteiger partial charge in [0, 0.05) is 0 Å². The third-order valence-corrected chi connectivity index (χ3v) is 2.63. The molecule has 9 nitrogen and oxygen atoms in total. The standard InChI is InChI=1S/C8H12N2O7/c9-1-6(11)16-4-2-14-8-5(17-10(12)13)3-15-7(4)8/h4-5,7-8H,1-3,9H2/t4-,5?,7-,8-/m1/s1. The molecule has 0 amide bonds. The van der Waals surface area contributed by atoms with Gasteiger partial charge in [0.05, 0.1) is 19.8 Å². The minimum Gasteiger partial charge on any atom is -0.456 e. The molecule has 9 heteroatoms. The highest BCUT2D eigenvalue weighted by atomic mass is 17.0. The van der Waals surface area contributed by atoms with Gasteiger partial charge in [0.25, 0.3) is 5.09 Å². The van der Waals surface area contributed by atoms with Gasteiger partial charge in [-0.3, -0.25) is 4.79 Å². The molecule has 2 heterocycles. The molecule has 2 aliphatic heterocycles. The van der Waals surface area contributed by atoms with Gasteiger partial charge in [-0.05, 0) is 0 Å². The Kier molecular flexibility index (Phi) is 3.41. The Hall–Kier alpha value is -1.45. The maximum absolute atomic E-state index is 11.0. The maximum atomic E-state index is 11.0. The summed E-state index contributed by atoms with van der Waals surface area (Å²) in [6.07, 6.45) is -2.49. The molecule has 4 atom stereocenters. The fourth-order valence-electron chi connectivity index (χ4n) is 1.95. The smallest absolute Gasteiger partial charge is 0.320 e. The number of carbonyl (C=O) groups excluding carboxylic acids is 1. The SMILES string of the molecule is NCC(=O)O[C@@H]1CO[C@@H]2C(O[N+](=O)[O-])CO[C@@H]21. The molecular weight excluding hydrogens is 236 g/mol. The van der Waals surface area contributed by atoms with Gasteiger partial charge in [-0.2, -0.15) is 0 Å². The summed E-state index contributed by atoms with van der Waals surface area (Å²) < 4.78 is 15.5. The molecule has 0 spiro atoms. The zero-order chi connectivity index (χ0) is 12.4. The Balaban J connectivity index is 1.92. The van der Waals surface area contributed by atoms with Gasteiger partial charge in [-0.25, -0.2) is 0 Å². The average Bonchev–Trinajstić information content (AvgIpc) is 2.83. The van der Waals surface area contributed by atoms with Crippen molar-refractivity contribution in [2.24, 2.45) is 5.73 Å². The average molecular weight is 248 g/mol. The predicted molar refractivity (Wildman–Crippen MR) is 50.3 cm³/mol. The van der Waals surface area contributed by atoms with E-state index < -0.39 is 35.5 Å². The first-order valence-electron chi connectivity index (χ1n) is 5.05. The number of nitrogens with zero attached hydrogens (tertiary/aromatic N) is 1. The van der Waals surface area contributed by atoms with Gasteiger partial charge in [0.2, 0.25) is 0 Å². The van der Waals surface area contributed by atoms with Crippen molar-refractivity contribution in [3.8, 4) is 0 Å². The van der Waals surface area contributed by atoms with Crippen molar-refractivity contribution in [2.45, 2.75) is 24.4 Å². The highest BCUT2D eigenvalue weighted by Gasteiger charge is 2.51. The van der Waals surface area contributed by atoms with Crippen LogP contribution in [0.1, 0.15) is 0 Å². The number of ether oxygens (including phenoxy) is 3.